The lowest BCUT2D eigenvalue weighted by Crippen LogP contribution is -2.11. The van der Waals surface area contributed by atoms with Crippen molar-refractivity contribution in [2.24, 2.45) is 10.9 Å². The van der Waals surface area contributed by atoms with Crippen molar-refractivity contribution in [3.05, 3.63) is 23.9 Å². The molecule has 0 atom stereocenters. The van der Waals surface area contributed by atoms with Crippen LogP contribution < -0.4 is 5.73 Å². The number of nitrogens with zero attached hydrogens (tertiary/aromatic N) is 1. The molecule has 0 bridgehead atoms. The highest BCUT2D eigenvalue weighted by molar-refractivity contribution is 5.99. The maximum Gasteiger partial charge on any atom is 0.102 e. The molecule has 0 saturated carbocycles. The van der Waals surface area contributed by atoms with Crippen molar-refractivity contribution in [1.29, 1.82) is 0 Å². The van der Waals surface area contributed by atoms with E-state index in [0.29, 0.717) is 11.4 Å². The van der Waals surface area contributed by atoms with Crippen molar-refractivity contribution in [2.75, 3.05) is 0 Å². The van der Waals surface area contributed by atoms with Crippen LogP contribution in [-0.4, -0.2) is 10.9 Å². The Bertz CT molecular complexity index is 267. The molecule has 0 aromatic rings. The van der Waals surface area contributed by atoms with Gasteiger partial charge in [0.15, 0.2) is 0 Å². The second kappa shape index (κ2) is 7.10. The highest BCUT2D eigenvalue weighted by atomic mass is 16.4. The zero-order chi connectivity index (χ0) is 10.9. The van der Waals surface area contributed by atoms with E-state index in [4.69, 9.17) is 10.9 Å². The van der Waals surface area contributed by atoms with Gasteiger partial charge in [-0.3, -0.25) is 0 Å². The molecule has 1 rings (SSSR count). The number of rotatable bonds is 0. The summed E-state index contributed by atoms with van der Waals surface area (Å²) in [5.74, 6) is 0. The van der Waals surface area contributed by atoms with E-state index in [2.05, 4.69) is 11.2 Å². The first-order valence-electron chi connectivity index (χ1n) is 5.68. The molecule has 3 heteroatoms. The van der Waals surface area contributed by atoms with Gasteiger partial charge in [0.2, 0.25) is 0 Å². The first kappa shape index (κ1) is 11.8. The standard InChI is InChI=1S/C12H20N2O/c13-11-9-7-5-3-1-2-4-6-8-10-12(11)14-15/h5,7,9,15H,1-4,6,8,10,13H2/b7-5-,11-9-,14-12+. The molecule has 0 unspecified atom stereocenters. The van der Waals surface area contributed by atoms with E-state index >= 15 is 0 Å². The van der Waals surface area contributed by atoms with Gasteiger partial charge in [0.25, 0.3) is 0 Å². The fourth-order valence-corrected chi connectivity index (χ4v) is 1.70. The van der Waals surface area contributed by atoms with Gasteiger partial charge in [-0.1, -0.05) is 36.6 Å². The van der Waals surface area contributed by atoms with E-state index in [0.717, 1.165) is 19.3 Å². The molecule has 0 saturated heterocycles. The summed E-state index contributed by atoms with van der Waals surface area (Å²) in [6, 6.07) is 0. The summed E-state index contributed by atoms with van der Waals surface area (Å²) in [5.41, 5.74) is 6.98. The van der Waals surface area contributed by atoms with Crippen LogP contribution >= 0.6 is 0 Å². The molecule has 0 amide bonds. The molecule has 84 valence electrons. The van der Waals surface area contributed by atoms with Gasteiger partial charge in [-0.15, -0.1) is 0 Å². The Morgan fingerprint density at radius 2 is 1.87 bits per heavy atom. The summed E-state index contributed by atoms with van der Waals surface area (Å²) < 4.78 is 0. The fourth-order valence-electron chi connectivity index (χ4n) is 1.70. The van der Waals surface area contributed by atoms with Crippen LogP contribution in [0.3, 0.4) is 0 Å². The SMILES string of the molecule is N/C1=C\C=C/CCCCCCC\C1=N/O. The average molecular weight is 208 g/mol. The summed E-state index contributed by atoms with van der Waals surface area (Å²) in [6.45, 7) is 0. The molecule has 0 radical (unpaired) electrons. The van der Waals surface area contributed by atoms with Crippen molar-refractivity contribution < 1.29 is 5.21 Å². The van der Waals surface area contributed by atoms with Crippen molar-refractivity contribution in [2.45, 2.75) is 44.9 Å². The first-order valence-corrected chi connectivity index (χ1v) is 5.68. The number of hydrogen-bond donors (Lipinski definition) is 2. The molecule has 1 aliphatic rings. The Balaban J connectivity index is 2.63. The summed E-state index contributed by atoms with van der Waals surface area (Å²) in [7, 11) is 0. The Labute approximate surface area is 91.4 Å². The third-order valence-electron chi connectivity index (χ3n) is 2.65. The third-order valence-corrected chi connectivity index (χ3v) is 2.65. The van der Waals surface area contributed by atoms with E-state index in [1.165, 1.54) is 25.7 Å². The lowest BCUT2D eigenvalue weighted by Gasteiger charge is -2.05. The zero-order valence-corrected chi connectivity index (χ0v) is 9.15. The van der Waals surface area contributed by atoms with Crippen LogP contribution in [0.15, 0.2) is 29.1 Å². The summed E-state index contributed by atoms with van der Waals surface area (Å²) in [6.07, 6.45) is 13.8. The van der Waals surface area contributed by atoms with Crippen LogP contribution in [0, 0.1) is 0 Å². The molecule has 0 fully saturated rings. The van der Waals surface area contributed by atoms with Gasteiger partial charge in [-0.2, -0.15) is 0 Å². The van der Waals surface area contributed by atoms with Gasteiger partial charge in [0, 0.05) is 0 Å². The van der Waals surface area contributed by atoms with E-state index in [9.17, 15) is 0 Å². The molecule has 1 aliphatic carbocycles. The number of allylic oxidation sites excluding steroid dienone is 4. The lowest BCUT2D eigenvalue weighted by molar-refractivity contribution is 0.317. The van der Waals surface area contributed by atoms with Crippen LogP contribution in [0.5, 0.6) is 0 Å². The minimum atomic E-state index is 0.578. The van der Waals surface area contributed by atoms with Gasteiger partial charge in [0.05, 0.1) is 5.70 Å². The van der Waals surface area contributed by atoms with Gasteiger partial charge in [-0.25, -0.2) is 0 Å². The highest BCUT2D eigenvalue weighted by Crippen LogP contribution is 2.11. The fraction of sp³-hybridized carbons (Fsp3) is 0.583. The first-order chi connectivity index (χ1) is 7.34. The Morgan fingerprint density at radius 3 is 2.67 bits per heavy atom. The third kappa shape index (κ3) is 4.68. The van der Waals surface area contributed by atoms with E-state index in [1.54, 1.807) is 0 Å². The molecule has 15 heavy (non-hydrogen) atoms. The summed E-state index contributed by atoms with van der Waals surface area (Å²) in [4.78, 5) is 0. The molecule has 0 spiro atoms. The molecule has 3 nitrogen and oxygen atoms in total. The quantitative estimate of drug-likeness (QED) is 0.475. The number of nitrogens with two attached hydrogens (primary N) is 1. The maximum atomic E-state index is 8.81. The minimum Gasteiger partial charge on any atom is -0.411 e. The normalized spacial score (nSPS) is 28.5. The topological polar surface area (TPSA) is 58.6 Å². The minimum absolute atomic E-state index is 0.578. The van der Waals surface area contributed by atoms with Gasteiger partial charge < -0.3 is 10.9 Å². The van der Waals surface area contributed by atoms with Crippen LogP contribution in [0.25, 0.3) is 0 Å². The Hall–Kier alpha value is -1.25. The summed E-state index contributed by atoms with van der Waals surface area (Å²) in [5, 5.41) is 12.1. The predicted octanol–water partition coefficient (Wildman–Crippen LogP) is 2.96. The van der Waals surface area contributed by atoms with Crippen molar-refractivity contribution in [3.8, 4) is 0 Å². The lowest BCUT2D eigenvalue weighted by atomic mass is 10.0. The van der Waals surface area contributed by atoms with Crippen LogP contribution in [0.2, 0.25) is 0 Å². The molecular weight excluding hydrogens is 188 g/mol. The zero-order valence-electron chi connectivity index (χ0n) is 9.15. The second-order valence-corrected chi connectivity index (χ2v) is 3.90. The van der Waals surface area contributed by atoms with E-state index in [1.807, 2.05) is 12.2 Å². The Morgan fingerprint density at radius 1 is 1.13 bits per heavy atom. The predicted molar refractivity (Wildman–Crippen MR) is 63.0 cm³/mol. The molecule has 0 aliphatic heterocycles. The van der Waals surface area contributed by atoms with E-state index < -0.39 is 0 Å². The summed E-state index contributed by atoms with van der Waals surface area (Å²) >= 11 is 0. The Kier molecular flexibility index (Phi) is 5.59. The average Bonchev–Trinajstić information content (AvgIpc) is 2.23. The smallest absolute Gasteiger partial charge is 0.102 e. The van der Waals surface area contributed by atoms with Crippen molar-refractivity contribution >= 4 is 5.71 Å². The van der Waals surface area contributed by atoms with Gasteiger partial charge in [0.1, 0.15) is 5.71 Å². The molecule has 3 N–H and O–H groups in total. The maximum absolute atomic E-state index is 8.81. The molecule has 0 aromatic heterocycles. The van der Waals surface area contributed by atoms with Crippen LogP contribution in [0.1, 0.15) is 44.9 Å². The van der Waals surface area contributed by atoms with Crippen molar-refractivity contribution in [1.82, 2.24) is 0 Å². The van der Waals surface area contributed by atoms with Crippen molar-refractivity contribution in [3.63, 3.8) is 0 Å². The van der Waals surface area contributed by atoms with Gasteiger partial charge in [-0.05, 0) is 31.8 Å². The number of hydrogen-bond acceptors (Lipinski definition) is 3. The van der Waals surface area contributed by atoms with Crippen LogP contribution in [-0.2, 0) is 0 Å². The molecule has 0 aromatic carbocycles. The highest BCUT2D eigenvalue weighted by Gasteiger charge is 2.03. The van der Waals surface area contributed by atoms with Crippen LogP contribution in [0.4, 0.5) is 0 Å². The monoisotopic (exact) mass is 208 g/mol. The van der Waals surface area contributed by atoms with E-state index in [-0.39, 0.29) is 0 Å². The largest absolute Gasteiger partial charge is 0.411 e. The second-order valence-electron chi connectivity index (χ2n) is 3.90. The van der Waals surface area contributed by atoms with Gasteiger partial charge >= 0.3 is 0 Å². The molecule has 0 heterocycles. The molecular formula is C12H20N2O. The number of oxime groups is 1.